The zero-order valence-electron chi connectivity index (χ0n) is 8.83. The highest BCUT2D eigenvalue weighted by Gasteiger charge is 2.04. The summed E-state index contributed by atoms with van der Waals surface area (Å²) < 4.78 is 0. The standard InChI is InChI=1S/C13H15NO/c1-2-14-9-11-8-7-10-5-3-4-6-12(10)13(11)15/h3-8,14-15H,2,9H2,1H3. The SMILES string of the molecule is CCNCc1ccc2ccccc2c1O. The molecule has 0 unspecified atom stereocenters. The van der Waals surface area contributed by atoms with Crippen LogP contribution < -0.4 is 5.32 Å². The van der Waals surface area contributed by atoms with Crippen molar-refractivity contribution in [3.63, 3.8) is 0 Å². The zero-order valence-corrected chi connectivity index (χ0v) is 8.83. The van der Waals surface area contributed by atoms with Crippen LogP contribution in [0.1, 0.15) is 12.5 Å². The molecule has 0 aliphatic heterocycles. The fourth-order valence-electron chi connectivity index (χ4n) is 1.70. The van der Waals surface area contributed by atoms with Gasteiger partial charge in [0.25, 0.3) is 0 Å². The van der Waals surface area contributed by atoms with Crippen molar-refractivity contribution in [1.82, 2.24) is 5.32 Å². The molecule has 0 amide bonds. The van der Waals surface area contributed by atoms with Crippen LogP contribution >= 0.6 is 0 Å². The number of rotatable bonds is 3. The van der Waals surface area contributed by atoms with E-state index in [2.05, 4.69) is 12.2 Å². The van der Waals surface area contributed by atoms with Gasteiger partial charge in [-0.3, -0.25) is 0 Å². The summed E-state index contributed by atoms with van der Waals surface area (Å²) in [7, 11) is 0. The maximum Gasteiger partial charge on any atom is 0.127 e. The summed E-state index contributed by atoms with van der Waals surface area (Å²) in [6.45, 7) is 3.68. The Morgan fingerprint density at radius 3 is 2.73 bits per heavy atom. The number of hydrogen-bond donors (Lipinski definition) is 2. The van der Waals surface area contributed by atoms with Crippen molar-refractivity contribution in [3.05, 3.63) is 42.0 Å². The number of nitrogens with one attached hydrogen (secondary N) is 1. The molecule has 0 spiro atoms. The molecule has 2 aromatic carbocycles. The number of hydrogen-bond acceptors (Lipinski definition) is 2. The number of benzene rings is 2. The van der Waals surface area contributed by atoms with E-state index < -0.39 is 0 Å². The minimum atomic E-state index is 0.397. The Balaban J connectivity index is 2.45. The maximum absolute atomic E-state index is 10.0. The van der Waals surface area contributed by atoms with Crippen LogP contribution in [0.4, 0.5) is 0 Å². The molecular formula is C13H15NO. The Morgan fingerprint density at radius 2 is 1.93 bits per heavy atom. The molecule has 0 aromatic heterocycles. The molecule has 0 fully saturated rings. The summed E-state index contributed by atoms with van der Waals surface area (Å²) in [5, 5.41) is 15.2. The molecule has 0 radical (unpaired) electrons. The minimum Gasteiger partial charge on any atom is -0.507 e. The first-order valence-corrected chi connectivity index (χ1v) is 5.23. The van der Waals surface area contributed by atoms with Crippen molar-refractivity contribution in [2.24, 2.45) is 0 Å². The summed E-state index contributed by atoms with van der Waals surface area (Å²) in [4.78, 5) is 0. The summed E-state index contributed by atoms with van der Waals surface area (Å²) in [6.07, 6.45) is 0. The van der Waals surface area contributed by atoms with Gasteiger partial charge in [0.1, 0.15) is 5.75 Å². The quantitative estimate of drug-likeness (QED) is 0.800. The molecule has 15 heavy (non-hydrogen) atoms. The molecule has 2 N–H and O–H groups in total. The van der Waals surface area contributed by atoms with E-state index >= 15 is 0 Å². The van der Waals surface area contributed by atoms with Crippen molar-refractivity contribution in [2.45, 2.75) is 13.5 Å². The molecule has 0 heterocycles. The number of fused-ring (bicyclic) bond motifs is 1. The van der Waals surface area contributed by atoms with E-state index in [1.54, 1.807) is 0 Å². The highest BCUT2D eigenvalue weighted by Crippen LogP contribution is 2.28. The molecule has 0 aliphatic carbocycles. The van der Waals surface area contributed by atoms with E-state index in [9.17, 15) is 5.11 Å². The van der Waals surface area contributed by atoms with Crippen LogP contribution in [0.2, 0.25) is 0 Å². The summed E-state index contributed by atoms with van der Waals surface area (Å²) >= 11 is 0. The van der Waals surface area contributed by atoms with Gasteiger partial charge in [-0.15, -0.1) is 0 Å². The van der Waals surface area contributed by atoms with Gasteiger partial charge in [-0.2, -0.15) is 0 Å². The van der Waals surface area contributed by atoms with E-state index in [0.29, 0.717) is 12.3 Å². The Morgan fingerprint density at radius 1 is 1.13 bits per heavy atom. The Labute approximate surface area is 89.6 Å². The van der Waals surface area contributed by atoms with Crippen molar-refractivity contribution >= 4 is 10.8 Å². The monoisotopic (exact) mass is 201 g/mol. The maximum atomic E-state index is 10.0. The van der Waals surface area contributed by atoms with E-state index in [0.717, 1.165) is 22.9 Å². The number of phenolic OH excluding ortho intramolecular Hbond substituents is 1. The predicted molar refractivity (Wildman–Crippen MR) is 63.0 cm³/mol. The molecule has 0 bridgehead atoms. The minimum absolute atomic E-state index is 0.397. The summed E-state index contributed by atoms with van der Waals surface area (Å²) in [5.41, 5.74) is 0.954. The fraction of sp³-hybridized carbons (Fsp3) is 0.231. The van der Waals surface area contributed by atoms with Crippen molar-refractivity contribution in [1.29, 1.82) is 0 Å². The van der Waals surface area contributed by atoms with Gasteiger partial charge in [0, 0.05) is 17.5 Å². The number of phenols is 1. The highest BCUT2D eigenvalue weighted by molar-refractivity contribution is 5.89. The average Bonchev–Trinajstić information content (AvgIpc) is 2.29. The van der Waals surface area contributed by atoms with Gasteiger partial charge in [-0.25, -0.2) is 0 Å². The van der Waals surface area contributed by atoms with Gasteiger partial charge in [0.05, 0.1) is 0 Å². The molecule has 2 aromatic rings. The summed E-state index contributed by atoms with van der Waals surface area (Å²) in [5.74, 6) is 0.397. The first kappa shape index (κ1) is 9.99. The van der Waals surface area contributed by atoms with Crippen LogP contribution in [0.5, 0.6) is 5.75 Å². The van der Waals surface area contributed by atoms with Crippen molar-refractivity contribution < 1.29 is 5.11 Å². The van der Waals surface area contributed by atoms with Gasteiger partial charge in [-0.05, 0) is 11.9 Å². The van der Waals surface area contributed by atoms with Gasteiger partial charge in [-0.1, -0.05) is 43.3 Å². The van der Waals surface area contributed by atoms with E-state index in [1.165, 1.54) is 0 Å². The fourth-order valence-corrected chi connectivity index (χ4v) is 1.70. The van der Waals surface area contributed by atoms with Crippen molar-refractivity contribution in [3.8, 4) is 5.75 Å². The normalized spacial score (nSPS) is 10.7. The summed E-state index contributed by atoms with van der Waals surface area (Å²) in [6, 6.07) is 11.9. The second kappa shape index (κ2) is 4.32. The predicted octanol–water partition coefficient (Wildman–Crippen LogP) is 2.65. The second-order valence-electron chi connectivity index (χ2n) is 3.57. The highest BCUT2D eigenvalue weighted by atomic mass is 16.3. The molecule has 2 heteroatoms. The molecule has 0 atom stereocenters. The van der Waals surface area contributed by atoms with E-state index in [1.807, 2.05) is 36.4 Å². The van der Waals surface area contributed by atoms with Gasteiger partial charge in [0.15, 0.2) is 0 Å². The largest absolute Gasteiger partial charge is 0.507 e. The third-order valence-electron chi connectivity index (χ3n) is 2.55. The van der Waals surface area contributed by atoms with Crippen LogP contribution in [-0.4, -0.2) is 11.7 Å². The molecule has 0 saturated heterocycles. The molecule has 0 aliphatic rings. The Bertz CT molecular complexity index is 465. The first-order chi connectivity index (χ1) is 7.33. The molecule has 2 nitrogen and oxygen atoms in total. The second-order valence-corrected chi connectivity index (χ2v) is 3.57. The lowest BCUT2D eigenvalue weighted by Gasteiger charge is -2.08. The molecule has 2 rings (SSSR count). The third-order valence-corrected chi connectivity index (χ3v) is 2.55. The van der Waals surface area contributed by atoms with Crippen LogP contribution in [0, 0.1) is 0 Å². The van der Waals surface area contributed by atoms with E-state index in [4.69, 9.17) is 0 Å². The Kier molecular flexibility index (Phi) is 2.88. The topological polar surface area (TPSA) is 32.3 Å². The molecule has 78 valence electrons. The first-order valence-electron chi connectivity index (χ1n) is 5.23. The van der Waals surface area contributed by atoms with Crippen LogP contribution in [0.25, 0.3) is 10.8 Å². The van der Waals surface area contributed by atoms with Gasteiger partial charge >= 0.3 is 0 Å². The van der Waals surface area contributed by atoms with Gasteiger partial charge in [0.2, 0.25) is 0 Å². The van der Waals surface area contributed by atoms with Crippen LogP contribution in [0.15, 0.2) is 36.4 Å². The smallest absolute Gasteiger partial charge is 0.127 e. The van der Waals surface area contributed by atoms with Gasteiger partial charge < -0.3 is 10.4 Å². The lowest BCUT2D eigenvalue weighted by Crippen LogP contribution is -2.11. The van der Waals surface area contributed by atoms with E-state index in [-0.39, 0.29) is 0 Å². The van der Waals surface area contributed by atoms with Crippen molar-refractivity contribution in [2.75, 3.05) is 6.54 Å². The lowest BCUT2D eigenvalue weighted by molar-refractivity contribution is 0.471. The number of aromatic hydroxyl groups is 1. The average molecular weight is 201 g/mol. The third kappa shape index (κ3) is 1.95. The molecule has 0 saturated carbocycles. The van der Waals surface area contributed by atoms with Crippen LogP contribution in [0.3, 0.4) is 0 Å². The lowest BCUT2D eigenvalue weighted by atomic mass is 10.1. The van der Waals surface area contributed by atoms with Crippen LogP contribution in [-0.2, 0) is 6.54 Å². The Hall–Kier alpha value is -1.54. The molecular weight excluding hydrogens is 186 g/mol. The zero-order chi connectivity index (χ0) is 10.7.